The molecule has 7 N–H and O–H groups in total. The molecule has 0 spiro atoms. The van der Waals surface area contributed by atoms with Gasteiger partial charge in [-0.2, -0.15) is 0 Å². The van der Waals surface area contributed by atoms with E-state index in [-0.39, 0.29) is 29.5 Å². The molecular weight excluding hydrogens is 332 g/mol. The maximum Gasteiger partial charge on any atom is 0.329 e. The first kappa shape index (κ1) is 19.1. The lowest BCUT2D eigenvalue weighted by Crippen LogP contribution is -2.44. The van der Waals surface area contributed by atoms with E-state index in [0.717, 1.165) is 5.56 Å². The highest BCUT2D eigenvalue weighted by molar-refractivity contribution is 6.05. The average molecular weight is 356 g/mol. The first-order valence-corrected chi connectivity index (χ1v) is 8.27. The van der Waals surface area contributed by atoms with Crippen LogP contribution in [0.15, 0.2) is 42.5 Å². The number of benzene rings is 2. The van der Waals surface area contributed by atoms with Crippen LogP contribution in [0.25, 0.3) is 0 Å². The number of carbonyl (C=O) groups is 2. The van der Waals surface area contributed by atoms with Crippen LogP contribution in [0.3, 0.4) is 0 Å². The average Bonchev–Trinajstić information content (AvgIpc) is 2.55. The van der Waals surface area contributed by atoms with Gasteiger partial charge in [-0.05, 0) is 43.7 Å². The van der Waals surface area contributed by atoms with Crippen LogP contribution in [-0.2, 0) is 16.0 Å². The standard InChI is InChI=1S/C19H24N4O3/c1-11(2)26-19(25)16(10-12-6-8-13(20)9-7-12)23-18(24)17-14(21)4-3-5-15(17)22/h3-9,11,16H,10,20-22H2,1-2H3,(H,23,24)/t16-/m0/s1. The van der Waals surface area contributed by atoms with Crippen molar-refractivity contribution >= 4 is 28.9 Å². The third-order valence-corrected chi connectivity index (χ3v) is 3.72. The van der Waals surface area contributed by atoms with Gasteiger partial charge in [-0.1, -0.05) is 18.2 Å². The third kappa shape index (κ3) is 4.89. The van der Waals surface area contributed by atoms with Crippen molar-refractivity contribution in [3.8, 4) is 0 Å². The number of ether oxygens (including phenoxy) is 1. The highest BCUT2D eigenvalue weighted by Crippen LogP contribution is 2.19. The van der Waals surface area contributed by atoms with Gasteiger partial charge in [-0.25, -0.2) is 4.79 Å². The van der Waals surface area contributed by atoms with Crippen LogP contribution in [0.4, 0.5) is 17.1 Å². The number of hydrogen-bond donors (Lipinski definition) is 4. The minimum Gasteiger partial charge on any atom is -0.461 e. The fourth-order valence-corrected chi connectivity index (χ4v) is 2.48. The molecule has 0 saturated heterocycles. The zero-order chi connectivity index (χ0) is 19.3. The highest BCUT2D eigenvalue weighted by atomic mass is 16.5. The van der Waals surface area contributed by atoms with Crippen molar-refractivity contribution in [3.63, 3.8) is 0 Å². The second kappa shape index (κ2) is 8.24. The first-order valence-electron chi connectivity index (χ1n) is 8.27. The Morgan fingerprint density at radius 2 is 1.58 bits per heavy atom. The molecule has 0 heterocycles. The number of carbonyl (C=O) groups excluding carboxylic acids is 2. The summed E-state index contributed by atoms with van der Waals surface area (Å²) < 4.78 is 5.26. The maximum atomic E-state index is 12.6. The Kier molecular flexibility index (Phi) is 6.06. The van der Waals surface area contributed by atoms with Gasteiger partial charge in [0.2, 0.25) is 0 Å². The van der Waals surface area contributed by atoms with E-state index in [4.69, 9.17) is 21.9 Å². The van der Waals surface area contributed by atoms with E-state index in [9.17, 15) is 9.59 Å². The summed E-state index contributed by atoms with van der Waals surface area (Å²) in [6.07, 6.45) is -0.0512. The molecule has 0 aliphatic rings. The van der Waals surface area contributed by atoms with Gasteiger partial charge < -0.3 is 27.3 Å². The zero-order valence-electron chi connectivity index (χ0n) is 14.9. The van der Waals surface area contributed by atoms with Gasteiger partial charge in [0.25, 0.3) is 5.91 Å². The SMILES string of the molecule is CC(C)OC(=O)[C@H](Cc1ccc(N)cc1)NC(=O)c1c(N)cccc1N. The van der Waals surface area contributed by atoms with Crippen molar-refractivity contribution in [2.45, 2.75) is 32.4 Å². The van der Waals surface area contributed by atoms with E-state index in [2.05, 4.69) is 5.32 Å². The van der Waals surface area contributed by atoms with Gasteiger partial charge in [0.05, 0.1) is 11.7 Å². The predicted octanol–water partition coefficient (Wildman–Crippen LogP) is 1.73. The van der Waals surface area contributed by atoms with Gasteiger partial charge in [0.1, 0.15) is 6.04 Å². The molecular formula is C19H24N4O3. The number of rotatable bonds is 6. The van der Waals surface area contributed by atoms with Crippen LogP contribution in [0.5, 0.6) is 0 Å². The Morgan fingerprint density at radius 3 is 2.12 bits per heavy atom. The van der Waals surface area contributed by atoms with Crippen molar-refractivity contribution in [1.29, 1.82) is 0 Å². The van der Waals surface area contributed by atoms with E-state index >= 15 is 0 Å². The van der Waals surface area contributed by atoms with Crippen LogP contribution in [0.1, 0.15) is 29.8 Å². The lowest BCUT2D eigenvalue weighted by atomic mass is 10.0. The summed E-state index contributed by atoms with van der Waals surface area (Å²) in [6.45, 7) is 3.49. The van der Waals surface area contributed by atoms with Gasteiger partial charge in [-0.15, -0.1) is 0 Å². The number of amides is 1. The molecule has 0 unspecified atom stereocenters. The Hall–Kier alpha value is -3.22. The zero-order valence-corrected chi connectivity index (χ0v) is 14.9. The smallest absolute Gasteiger partial charge is 0.329 e. The molecule has 7 nitrogen and oxygen atoms in total. The quantitative estimate of drug-likeness (QED) is 0.460. The van der Waals surface area contributed by atoms with Crippen LogP contribution < -0.4 is 22.5 Å². The maximum absolute atomic E-state index is 12.6. The topological polar surface area (TPSA) is 133 Å². The molecule has 1 atom stereocenters. The van der Waals surface area contributed by atoms with E-state index in [1.54, 1.807) is 56.3 Å². The fourth-order valence-electron chi connectivity index (χ4n) is 2.48. The van der Waals surface area contributed by atoms with E-state index < -0.39 is 17.9 Å². The molecule has 7 heteroatoms. The number of nitrogens with two attached hydrogens (primary N) is 3. The number of nitrogens with one attached hydrogen (secondary N) is 1. The lowest BCUT2D eigenvalue weighted by molar-refractivity contribution is -0.149. The summed E-state index contributed by atoms with van der Waals surface area (Å²) in [6, 6.07) is 11.0. The monoisotopic (exact) mass is 356 g/mol. The number of nitrogen functional groups attached to an aromatic ring is 3. The van der Waals surface area contributed by atoms with Crippen molar-refractivity contribution in [2.24, 2.45) is 0 Å². The normalized spacial score (nSPS) is 11.8. The highest BCUT2D eigenvalue weighted by Gasteiger charge is 2.25. The number of hydrogen-bond acceptors (Lipinski definition) is 6. The van der Waals surface area contributed by atoms with E-state index in [0.29, 0.717) is 5.69 Å². The van der Waals surface area contributed by atoms with Gasteiger partial charge >= 0.3 is 5.97 Å². The summed E-state index contributed by atoms with van der Waals surface area (Å²) >= 11 is 0. The largest absolute Gasteiger partial charge is 0.461 e. The first-order chi connectivity index (χ1) is 12.3. The van der Waals surface area contributed by atoms with Crippen molar-refractivity contribution in [3.05, 3.63) is 53.6 Å². The van der Waals surface area contributed by atoms with Crippen LogP contribution in [-0.4, -0.2) is 24.0 Å². The summed E-state index contributed by atoms with van der Waals surface area (Å²) in [5, 5.41) is 2.68. The third-order valence-electron chi connectivity index (χ3n) is 3.72. The van der Waals surface area contributed by atoms with Crippen LogP contribution in [0.2, 0.25) is 0 Å². The summed E-state index contributed by atoms with van der Waals surface area (Å²) in [5.41, 5.74) is 19.5. The van der Waals surface area contributed by atoms with Crippen LogP contribution >= 0.6 is 0 Å². The predicted molar refractivity (Wildman–Crippen MR) is 102 cm³/mol. The molecule has 1 amide bonds. The van der Waals surface area contributed by atoms with Gasteiger partial charge in [0, 0.05) is 23.5 Å². The molecule has 138 valence electrons. The van der Waals surface area contributed by atoms with E-state index in [1.807, 2.05) is 0 Å². The van der Waals surface area contributed by atoms with Crippen molar-refractivity contribution in [2.75, 3.05) is 17.2 Å². The molecule has 0 saturated carbocycles. The number of esters is 1. The van der Waals surface area contributed by atoms with Gasteiger partial charge in [-0.3, -0.25) is 4.79 Å². The Morgan fingerprint density at radius 1 is 1.00 bits per heavy atom. The summed E-state index contributed by atoms with van der Waals surface area (Å²) in [7, 11) is 0. The molecule has 2 rings (SSSR count). The Balaban J connectivity index is 2.24. The Bertz CT molecular complexity index is 768. The second-order valence-electron chi connectivity index (χ2n) is 6.27. The number of anilines is 3. The lowest BCUT2D eigenvalue weighted by Gasteiger charge is -2.20. The molecule has 2 aromatic rings. The summed E-state index contributed by atoms with van der Waals surface area (Å²) in [4.78, 5) is 25.1. The fraction of sp³-hybridized carbons (Fsp3) is 0.263. The van der Waals surface area contributed by atoms with Gasteiger partial charge in [0.15, 0.2) is 0 Å². The van der Waals surface area contributed by atoms with Crippen molar-refractivity contribution in [1.82, 2.24) is 5.32 Å². The molecule has 0 fully saturated rings. The minimum absolute atomic E-state index is 0.146. The van der Waals surface area contributed by atoms with Crippen molar-refractivity contribution < 1.29 is 14.3 Å². The molecule has 0 bridgehead atoms. The second-order valence-corrected chi connectivity index (χ2v) is 6.27. The van der Waals surface area contributed by atoms with E-state index in [1.165, 1.54) is 0 Å². The molecule has 26 heavy (non-hydrogen) atoms. The molecule has 0 aliphatic heterocycles. The Labute approximate surface area is 152 Å². The summed E-state index contributed by atoms with van der Waals surface area (Å²) in [5.74, 6) is -1.06. The minimum atomic E-state index is -0.882. The van der Waals surface area contributed by atoms with Crippen LogP contribution in [0, 0.1) is 0 Å². The molecule has 0 radical (unpaired) electrons. The molecule has 0 aromatic heterocycles. The molecule has 2 aromatic carbocycles. The molecule has 0 aliphatic carbocycles.